The Labute approximate surface area is 103 Å². The number of hydrogen-bond acceptors (Lipinski definition) is 4. The van der Waals surface area contributed by atoms with Gasteiger partial charge in [-0.05, 0) is 38.5 Å². The van der Waals surface area contributed by atoms with E-state index in [2.05, 4.69) is 5.32 Å². The molecule has 0 spiro atoms. The summed E-state index contributed by atoms with van der Waals surface area (Å²) in [6, 6.07) is 1.30. The van der Waals surface area contributed by atoms with E-state index in [1.165, 1.54) is 12.8 Å². The van der Waals surface area contributed by atoms with E-state index in [1.54, 1.807) is 0 Å². The fourth-order valence-electron chi connectivity index (χ4n) is 3.00. The summed E-state index contributed by atoms with van der Waals surface area (Å²) in [5.74, 6) is 0.462. The first-order valence-electron chi connectivity index (χ1n) is 6.77. The van der Waals surface area contributed by atoms with Gasteiger partial charge in [0.1, 0.15) is 6.61 Å². The van der Waals surface area contributed by atoms with Gasteiger partial charge in [-0.25, -0.2) is 0 Å². The van der Waals surface area contributed by atoms with Crippen LogP contribution in [0.25, 0.3) is 0 Å². The number of esters is 1. The lowest BCUT2D eigenvalue weighted by Gasteiger charge is -2.28. The minimum Gasteiger partial charge on any atom is -0.463 e. The molecule has 0 aromatic carbocycles. The summed E-state index contributed by atoms with van der Waals surface area (Å²) >= 11 is 0. The monoisotopic (exact) mass is 241 g/mol. The summed E-state index contributed by atoms with van der Waals surface area (Å²) in [6.45, 7) is 3.52. The minimum atomic E-state index is -0.0593. The topological polar surface area (TPSA) is 47.6 Å². The van der Waals surface area contributed by atoms with Gasteiger partial charge >= 0.3 is 5.97 Å². The molecule has 0 aliphatic carbocycles. The highest BCUT2D eigenvalue weighted by molar-refractivity contribution is 5.69. The van der Waals surface area contributed by atoms with Crippen molar-refractivity contribution >= 4 is 5.97 Å². The molecule has 2 aliphatic rings. The summed E-state index contributed by atoms with van der Waals surface area (Å²) in [6.07, 6.45) is 5.41. The molecule has 0 aromatic heterocycles. The lowest BCUT2D eigenvalue weighted by molar-refractivity contribution is -0.146. The van der Waals surface area contributed by atoms with Crippen LogP contribution in [0.3, 0.4) is 0 Å². The predicted octanol–water partition coefficient (Wildman–Crippen LogP) is 1.49. The zero-order chi connectivity index (χ0) is 12.1. The number of carbonyl (C=O) groups is 1. The third-order valence-corrected chi connectivity index (χ3v) is 3.72. The van der Waals surface area contributed by atoms with Crippen LogP contribution in [-0.2, 0) is 14.3 Å². The molecule has 2 atom stereocenters. The van der Waals surface area contributed by atoms with Gasteiger partial charge in [-0.2, -0.15) is 0 Å². The molecule has 4 heteroatoms. The lowest BCUT2D eigenvalue weighted by atomic mass is 9.90. The largest absolute Gasteiger partial charge is 0.463 e. The van der Waals surface area contributed by atoms with E-state index in [1.807, 2.05) is 6.92 Å². The van der Waals surface area contributed by atoms with Gasteiger partial charge in [0.2, 0.25) is 0 Å². The summed E-state index contributed by atoms with van der Waals surface area (Å²) < 4.78 is 10.3. The van der Waals surface area contributed by atoms with Gasteiger partial charge < -0.3 is 14.8 Å². The van der Waals surface area contributed by atoms with Crippen LogP contribution in [0, 0.1) is 5.92 Å². The number of piperidine rings is 1. The predicted molar refractivity (Wildman–Crippen MR) is 64.7 cm³/mol. The number of nitrogens with one attached hydrogen (secondary N) is 1. The number of ether oxygens (including phenoxy) is 2. The fraction of sp³-hybridized carbons (Fsp3) is 0.923. The smallest absolute Gasteiger partial charge is 0.306 e. The Balaban J connectivity index is 1.61. The second-order valence-electron chi connectivity index (χ2n) is 5.10. The van der Waals surface area contributed by atoms with Crippen molar-refractivity contribution in [3.05, 3.63) is 0 Å². The van der Waals surface area contributed by atoms with Gasteiger partial charge in [0.25, 0.3) is 0 Å². The second-order valence-corrected chi connectivity index (χ2v) is 5.10. The van der Waals surface area contributed by atoms with Crippen molar-refractivity contribution in [1.82, 2.24) is 5.32 Å². The Bertz CT molecular complexity index is 245. The molecule has 17 heavy (non-hydrogen) atoms. The van der Waals surface area contributed by atoms with Crippen molar-refractivity contribution in [3.8, 4) is 0 Å². The average Bonchev–Trinajstić information content (AvgIpc) is 2.64. The fourth-order valence-corrected chi connectivity index (χ4v) is 3.00. The van der Waals surface area contributed by atoms with Crippen molar-refractivity contribution < 1.29 is 14.3 Å². The Kier molecular flexibility index (Phi) is 4.80. The molecule has 0 saturated carbocycles. The zero-order valence-electron chi connectivity index (χ0n) is 10.6. The van der Waals surface area contributed by atoms with Gasteiger partial charge in [0.15, 0.2) is 0 Å². The Morgan fingerprint density at radius 2 is 1.94 bits per heavy atom. The van der Waals surface area contributed by atoms with Crippen LogP contribution >= 0.6 is 0 Å². The average molecular weight is 241 g/mol. The lowest BCUT2D eigenvalue weighted by Crippen LogP contribution is -2.38. The summed E-state index contributed by atoms with van der Waals surface area (Å²) in [5, 5.41) is 3.58. The van der Waals surface area contributed by atoms with E-state index < -0.39 is 0 Å². The molecule has 98 valence electrons. The van der Waals surface area contributed by atoms with Gasteiger partial charge in [0, 0.05) is 25.1 Å². The molecule has 2 heterocycles. The summed E-state index contributed by atoms with van der Waals surface area (Å²) in [5.41, 5.74) is 0. The maximum absolute atomic E-state index is 11.6. The van der Waals surface area contributed by atoms with Crippen LogP contribution in [0.2, 0.25) is 0 Å². The van der Waals surface area contributed by atoms with Crippen molar-refractivity contribution in [2.24, 2.45) is 5.92 Å². The quantitative estimate of drug-likeness (QED) is 0.565. The molecule has 0 aromatic rings. The van der Waals surface area contributed by atoms with E-state index in [4.69, 9.17) is 9.47 Å². The van der Waals surface area contributed by atoms with Crippen LogP contribution in [-0.4, -0.2) is 37.9 Å². The third-order valence-electron chi connectivity index (χ3n) is 3.72. The molecule has 2 rings (SSSR count). The highest BCUT2D eigenvalue weighted by Crippen LogP contribution is 2.32. The van der Waals surface area contributed by atoms with Gasteiger partial charge in [-0.3, -0.25) is 4.79 Å². The molecule has 2 bridgehead atoms. The highest BCUT2D eigenvalue weighted by Gasteiger charge is 2.34. The Hall–Kier alpha value is -0.610. The van der Waals surface area contributed by atoms with Gasteiger partial charge in [-0.1, -0.05) is 0 Å². The molecule has 4 nitrogen and oxygen atoms in total. The summed E-state index contributed by atoms with van der Waals surface area (Å²) in [4.78, 5) is 11.6. The number of hydrogen-bond donors (Lipinski definition) is 1. The van der Waals surface area contributed by atoms with Crippen molar-refractivity contribution in [1.29, 1.82) is 0 Å². The van der Waals surface area contributed by atoms with Gasteiger partial charge in [0.05, 0.1) is 6.61 Å². The minimum absolute atomic E-state index is 0.0593. The van der Waals surface area contributed by atoms with Crippen LogP contribution in [0.4, 0.5) is 0 Å². The van der Waals surface area contributed by atoms with Crippen LogP contribution in [0.15, 0.2) is 0 Å². The van der Waals surface area contributed by atoms with Crippen LogP contribution in [0.1, 0.15) is 39.0 Å². The number of rotatable bonds is 6. The molecular weight excluding hydrogens is 218 g/mol. The molecular formula is C13H23NO3. The summed E-state index contributed by atoms with van der Waals surface area (Å²) in [7, 11) is 0. The van der Waals surface area contributed by atoms with E-state index in [0.29, 0.717) is 44.2 Å². The van der Waals surface area contributed by atoms with Crippen molar-refractivity contribution in [2.45, 2.75) is 51.1 Å². The molecule has 0 amide bonds. The van der Waals surface area contributed by atoms with E-state index in [-0.39, 0.29) is 5.97 Å². The Morgan fingerprint density at radius 3 is 2.59 bits per heavy atom. The maximum Gasteiger partial charge on any atom is 0.306 e. The zero-order valence-corrected chi connectivity index (χ0v) is 10.6. The number of fused-ring (bicyclic) bond motifs is 2. The second kappa shape index (κ2) is 6.36. The highest BCUT2D eigenvalue weighted by atomic mass is 16.6. The van der Waals surface area contributed by atoms with E-state index in [0.717, 1.165) is 12.8 Å². The standard InChI is InChI=1S/C13H23NO3/c1-2-16-5-6-17-13(15)9-10-7-11-3-4-12(8-10)14-11/h10-12,14H,2-9H2,1H3. The van der Waals surface area contributed by atoms with Crippen molar-refractivity contribution in [3.63, 3.8) is 0 Å². The Morgan fingerprint density at radius 1 is 1.24 bits per heavy atom. The third kappa shape index (κ3) is 3.96. The first kappa shape index (κ1) is 12.8. The number of carbonyl (C=O) groups excluding carboxylic acids is 1. The SMILES string of the molecule is CCOCCOC(=O)CC1CC2CCC(C1)N2. The molecule has 1 N–H and O–H groups in total. The normalized spacial score (nSPS) is 31.5. The van der Waals surface area contributed by atoms with E-state index in [9.17, 15) is 4.79 Å². The molecule has 2 aliphatic heterocycles. The van der Waals surface area contributed by atoms with E-state index >= 15 is 0 Å². The molecule has 2 saturated heterocycles. The van der Waals surface area contributed by atoms with Crippen LogP contribution in [0.5, 0.6) is 0 Å². The van der Waals surface area contributed by atoms with Crippen LogP contribution < -0.4 is 5.32 Å². The maximum atomic E-state index is 11.6. The van der Waals surface area contributed by atoms with Crippen molar-refractivity contribution in [2.75, 3.05) is 19.8 Å². The molecule has 2 fully saturated rings. The van der Waals surface area contributed by atoms with Gasteiger partial charge in [-0.15, -0.1) is 0 Å². The molecule has 2 unspecified atom stereocenters. The first-order chi connectivity index (χ1) is 8.28. The molecule has 0 radical (unpaired) electrons. The first-order valence-corrected chi connectivity index (χ1v) is 6.77.